The minimum absolute atomic E-state index is 0.0545. The van der Waals surface area contributed by atoms with Crippen molar-refractivity contribution in [2.75, 3.05) is 25.1 Å². The molecule has 1 aliphatic heterocycles. The summed E-state index contributed by atoms with van der Waals surface area (Å²) in [4.78, 5) is 21.3. The number of ether oxygens (including phenoxy) is 1. The molecule has 6 heteroatoms. The van der Waals surface area contributed by atoms with Gasteiger partial charge in [0.1, 0.15) is 5.82 Å². The van der Waals surface area contributed by atoms with E-state index >= 15 is 0 Å². The van der Waals surface area contributed by atoms with Gasteiger partial charge in [0.15, 0.2) is 0 Å². The lowest BCUT2D eigenvalue weighted by atomic mass is 10.2. The highest BCUT2D eigenvalue weighted by Gasteiger charge is 2.26. The lowest BCUT2D eigenvalue weighted by Gasteiger charge is -2.36. The second kappa shape index (κ2) is 4.05. The molecular weight excluding hydrogens is 210 g/mol. The number of aliphatic hydroxyl groups is 1. The van der Waals surface area contributed by atoms with Crippen LogP contribution in [0.15, 0.2) is 6.07 Å². The Hall–Kier alpha value is -1.69. The molecule has 0 bridgehead atoms. The Balaban J connectivity index is 2.25. The highest BCUT2D eigenvalue weighted by Crippen LogP contribution is 2.19. The molecule has 86 valence electrons. The van der Waals surface area contributed by atoms with Crippen molar-refractivity contribution in [2.45, 2.75) is 13.0 Å². The minimum atomic E-state index is -0.550. The molecule has 1 fully saturated rings. The molecule has 1 saturated heterocycles. The van der Waals surface area contributed by atoms with Crippen LogP contribution in [0.5, 0.6) is 0 Å². The van der Waals surface area contributed by atoms with Gasteiger partial charge >= 0.3 is 5.97 Å². The quantitative estimate of drug-likeness (QED) is 0.697. The summed E-state index contributed by atoms with van der Waals surface area (Å²) in [5, 5.41) is 9.20. The van der Waals surface area contributed by atoms with Gasteiger partial charge in [-0.2, -0.15) is 0 Å². The molecule has 0 saturated carbocycles. The number of β-amino-alcohol motifs (C(OH)–C–C–N with tert-alkyl or cyclic N) is 1. The number of nitrogens with zero attached hydrogens (tertiary/aromatic N) is 3. The first-order chi connectivity index (χ1) is 7.60. The molecule has 2 heterocycles. The predicted molar refractivity (Wildman–Crippen MR) is 56.3 cm³/mol. The Morgan fingerprint density at radius 1 is 1.56 bits per heavy atom. The first kappa shape index (κ1) is 10.8. The summed E-state index contributed by atoms with van der Waals surface area (Å²) in [6.07, 6.45) is -0.308. The van der Waals surface area contributed by atoms with E-state index < -0.39 is 5.97 Å². The Kier molecular flexibility index (Phi) is 2.74. The van der Waals surface area contributed by atoms with Crippen LogP contribution in [0.4, 0.5) is 5.82 Å². The molecule has 16 heavy (non-hydrogen) atoms. The van der Waals surface area contributed by atoms with Crippen LogP contribution in [0.2, 0.25) is 0 Å². The van der Waals surface area contributed by atoms with Gasteiger partial charge in [0.2, 0.25) is 5.82 Å². The number of aryl methyl sites for hydroxylation is 1. The van der Waals surface area contributed by atoms with Gasteiger partial charge in [0.25, 0.3) is 0 Å². The fourth-order valence-corrected chi connectivity index (χ4v) is 1.54. The number of esters is 1. The number of hydrogen-bond acceptors (Lipinski definition) is 6. The van der Waals surface area contributed by atoms with Crippen molar-refractivity contribution in [1.82, 2.24) is 9.97 Å². The van der Waals surface area contributed by atoms with Crippen LogP contribution in [-0.4, -0.2) is 47.3 Å². The topological polar surface area (TPSA) is 75.5 Å². The molecule has 0 aromatic carbocycles. The van der Waals surface area contributed by atoms with Crippen LogP contribution in [0.1, 0.15) is 16.3 Å². The van der Waals surface area contributed by atoms with Crippen LogP contribution in [-0.2, 0) is 4.74 Å². The fraction of sp³-hybridized carbons (Fsp3) is 0.500. The monoisotopic (exact) mass is 223 g/mol. The molecule has 0 atom stereocenters. The fourth-order valence-electron chi connectivity index (χ4n) is 1.54. The highest BCUT2D eigenvalue weighted by atomic mass is 16.5. The van der Waals surface area contributed by atoms with E-state index in [1.54, 1.807) is 13.0 Å². The van der Waals surface area contributed by atoms with Crippen LogP contribution in [0.3, 0.4) is 0 Å². The van der Waals surface area contributed by atoms with Gasteiger partial charge in [-0.15, -0.1) is 0 Å². The smallest absolute Gasteiger partial charge is 0.376 e. The molecular formula is C10H13N3O3. The van der Waals surface area contributed by atoms with Crippen molar-refractivity contribution in [3.05, 3.63) is 17.6 Å². The summed E-state index contributed by atoms with van der Waals surface area (Å²) in [5.41, 5.74) is 0.701. The van der Waals surface area contributed by atoms with Gasteiger partial charge in [0, 0.05) is 24.8 Å². The zero-order valence-corrected chi connectivity index (χ0v) is 9.17. The van der Waals surface area contributed by atoms with Gasteiger partial charge in [-0.05, 0) is 6.92 Å². The maximum Gasteiger partial charge on any atom is 0.376 e. The van der Waals surface area contributed by atoms with Crippen molar-refractivity contribution in [1.29, 1.82) is 0 Å². The number of hydrogen-bond donors (Lipinski definition) is 1. The number of carbonyl (C=O) groups excluding carboxylic acids is 1. The second-order valence-corrected chi connectivity index (χ2v) is 3.74. The first-order valence-electron chi connectivity index (χ1n) is 4.97. The van der Waals surface area contributed by atoms with E-state index in [1.807, 2.05) is 4.90 Å². The number of aliphatic hydroxyl groups excluding tert-OH is 1. The third-order valence-electron chi connectivity index (χ3n) is 2.39. The van der Waals surface area contributed by atoms with Gasteiger partial charge < -0.3 is 14.7 Å². The van der Waals surface area contributed by atoms with E-state index in [-0.39, 0.29) is 11.9 Å². The number of carbonyl (C=O) groups is 1. The molecule has 1 aliphatic rings. The Labute approximate surface area is 92.9 Å². The predicted octanol–water partition coefficient (Wildman–Crippen LogP) is -0.247. The van der Waals surface area contributed by atoms with Crippen molar-refractivity contribution in [2.24, 2.45) is 0 Å². The zero-order chi connectivity index (χ0) is 11.7. The van der Waals surface area contributed by atoms with Gasteiger partial charge in [-0.3, -0.25) is 0 Å². The van der Waals surface area contributed by atoms with E-state index in [4.69, 9.17) is 0 Å². The summed E-state index contributed by atoms with van der Waals surface area (Å²) in [7, 11) is 1.29. The van der Waals surface area contributed by atoms with E-state index in [0.717, 1.165) is 0 Å². The molecule has 0 unspecified atom stereocenters. The Morgan fingerprint density at radius 2 is 2.25 bits per heavy atom. The summed E-state index contributed by atoms with van der Waals surface area (Å²) >= 11 is 0. The standard InChI is InChI=1S/C10H13N3O3/c1-6-3-8(13-4-7(14)5-13)12-9(11-6)10(15)16-2/h3,7,14H,4-5H2,1-2H3. The summed E-state index contributed by atoms with van der Waals surface area (Å²) in [6, 6.07) is 1.78. The Morgan fingerprint density at radius 3 is 2.81 bits per heavy atom. The maximum atomic E-state index is 11.3. The number of aromatic nitrogens is 2. The van der Waals surface area contributed by atoms with Crippen molar-refractivity contribution in [3.63, 3.8) is 0 Å². The van der Waals surface area contributed by atoms with Crippen LogP contribution in [0.25, 0.3) is 0 Å². The van der Waals surface area contributed by atoms with Gasteiger partial charge in [0.05, 0.1) is 13.2 Å². The Bertz CT molecular complexity index is 416. The molecule has 1 N–H and O–H groups in total. The van der Waals surface area contributed by atoms with E-state index in [1.165, 1.54) is 7.11 Å². The third kappa shape index (κ3) is 1.96. The summed E-state index contributed by atoms with van der Waals surface area (Å²) in [6.45, 7) is 2.86. The number of anilines is 1. The lowest BCUT2D eigenvalue weighted by molar-refractivity contribution is 0.0586. The molecule has 0 aliphatic carbocycles. The summed E-state index contributed by atoms with van der Waals surface area (Å²) < 4.78 is 4.57. The number of rotatable bonds is 2. The third-order valence-corrected chi connectivity index (χ3v) is 2.39. The van der Waals surface area contributed by atoms with E-state index in [2.05, 4.69) is 14.7 Å². The SMILES string of the molecule is COC(=O)c1nc(C)cc(N2CC(O)C2)n1. The zero-order valence-electron chi connectivity index (χ0n) is 9.17. The van der Waals surface area contributed by atoms with Crippen LogP contribution < -0.4 is 4.90 Å². The largest absolute Gasteiger partial charge is 0.463 e. The van der Waals surface area contributed by atoms with Crippen molar-refractivity contribution in [3.8, 4) is 0 Å². The van der Waals surface area contributed by atoms with E-state index in [0.29, 0.717) is 24.6 Å². The average Bonchev–Trinajstić information content (AvgIpc) is 2.22. The number of methoxy groups -OCH3 is 1. The van der Waals surface area contributed by atoms with Crippen molar-refractivity contribution >= 4 is 11.8 Å². The van der Waals surface area contributed by atoms with Crippen molar-refractivity contribution < 1.29 is 14.6 Å². The average molecular weight is 223 g/mol. The molecule has 0 radical (unpaired) electrons. The first-order valence-corrected chi connectivity index (χ1v) is 4.97. The van der Waals surface area contributed by atoms with Gasteiger partial charge in [-0.25, -0.2) is 14.8 Å². The summed E-state index contributed by atoms with van der Waals surface area (Å²) in [5.74, 6) is 0.156. The maximum absolute atomic E-state index is 11.3. The molecule has 2 rings (SSSR count). The van der Waals surface area contributed by atoms with Crippen LogP contribution >= 0.6 is 0 Å². The normalized spacial score (nSPS) is 15.8. The lowest BCUT2D eigenvalue weighted by Crippen LogP contribution is -2.51. The van der Waals surface area contributed by atoms with Gasteiger partial charge in [-0.1, -0.05) is 0 Å². The van der Waals surface area contributed by atoms with E-state index in [9.17, 15) is 9.90 Å². The molecule has 0 spiro atoms. The molecule has 6 nitrogen and oxygen atoms in total. The minimum Gasteiger partial charge on any atom is -0.463 e. The molecule has 1 aromatic heterocycles. The molecule has 1 aromatic rings. The second-order valence-electron chi connectivity index (χ2n) is 3.74. The van der Waals surface area contributed by atoms with Crippen LogP contribution in [0, 0.1) is 6.92 Å². The highest BCUT2D eigenvalue weighted by molar-refractivity contribution is 5.85. The molecule has 0 amide bonds.